The first-order chi connectivity index (χ1) is 8.84. The van der Waals surface area contributed by atoms with E-state index in [2.05, 4.69) is 47.2 Å². The average Bonchev–Trinajstić information content (AvgIpc) is 2.73. The van der Waals surface area contributed by atoms with Crippen molar-refractivity contribution in [2.75, 3.05) is 20.1 Å². The number of likely N-dealkylation sites (N-methyl/N-ethyl adjacent to an activating group) is 1. The zero-order chi connectivity index (χ0) is 12.4. The molecule has 1 aromatic rings. The molecule has 2 saturated heterocycles. The molecule has 18 heavy (non-hydrogen) atoms. The number of hydrogen-bond acceptors (Lipinski definition) is 1. The van der Waals surface area contributed by atoms with E-state index >= 15 is 0 Å². The lowest BCUT2D eigenvalue weighted by molar-refractivity contribution is 0.270. The Labute approximate surface area is 109 Å². The number of guanidine groups is 1. The third-order valence-electron chi connectivity index (χ3n) is 3.96. The second kappa shape index (κ2) is 5.01. The summed E-state index contributed by atoms with van der Waals surface area (Å²) in [4.78, 5) is 9.65. The van der Waals surface area contributed by atoms with Crippen LogP contribution in [0.25, 0.3) is 0 Å². The molecule has 2 fully saturated rings. The van der Waals surface area contributed by atoms with Crippen LogP contribution in [0, 0.1) is 0 Å². The fraction of sp³-hybridized carbons (Fsp3) is 0.533. The van der Waals surface area contributed by atoms with Gasteiger partial charge in [0.05, 0.1) is 6.54 Å². The summed E-state index contributed by atoms with van der Waals surface area (Å²) in [6.07, 6.45) is 4.02. The molecule has 0 unspecified atom stereocenters. The van der Waals surface area contributed by atoms with Crippen LogP contribution in [0.15, 0.2) is 35.3 Å². The molecule has 1 atom stereocenters. The third kappa shape index (κ3) is 2.22. The number of nitrogens with zero attached hydrogens (tertiary/aromatic N) is 3. The van der Waals surface area contributed by atoms with Crippen molar-refractivity contribution in [1.82, 2.24) is 9.80 Å². The van der Waals surface area contributed by atoms with Gasteiger partial charge in [0.2, 0.25) is 0 Å². The van der Waals surface area contributed by atoms with E-state index in [0.29, 0.717) is 6.04 Å². The SMILES string of the molecule is CN1C[C@@H]2CCCCN2C1=NCc1ccccc1. The van der Waals surface area contributed by atoms with Crippen LogP contribution >= 0.6 is 0 Å². The van der Waals surface area contributed by atoms with E-state index in [9.17, 15) is 0 Å². The van der Waals surface area contributed by atoms with Gasteiger partial charge in [0.15, 0.2) is 5.96 Å². The fourth-order valence-electron chi connectivity index (χ4n) is 3.03. The molecule has 0 bridgehead atoms. The first kappa shape index (κ1) is 11.6. The Kier molecular flexibility index (Phi) is 3.22. The Bertz CT molecular complexity index is 427. The summed E-state index contributed by atoms with van der Waals surface area (Å²) in [5.74, 6) is 1.20. The van der Waals surface area contributed by atoms with Crippen LogP contribution in [0.4, 0.5) is 0 Å². The molecular weight excluding hydrogens is 222 g/mol. The van der Waals surface area contributed by atoms with Crippen molar-refractivity contribution < 1.29 is 0 Å². The molecule has 96 valence electrons. The van der Waals surface area contributed by atoms with Gasteiger partial charge in [-0.05, 0) is 24.8 Å². The Morgan fingerprint density at radius 2 is 2.06 bits per heavy atom. The number of hydrogen-bond donors (Lipinski definition) is 0. The minimum Gasteiger partial charge on any atom is -0.344 e. The molecule has 2 heterocycles. The van der Waals surface area contributed by atoms with Gasteiger partial charge in [0.25, 0.3) is 0 Å². The van der Waals surface area contributed by atoms with E-state index < -0.39 is 0 Å². The molecule has 0 aliphatic carbocycles. The predicted molar refractivity (Wildman–Crippen MR) is 74.6 cm³/mol. The standard InChI is InChI=1S/C15H21N3/c1-17-12-14-9-5-6-10-18(14)15(17)16-11-13-7-3-2-4-8-13/h2-4,7-8,14H,5-6,9-12H2,1H3/t14-/m0/s1. The number of rotatable bonds is 2. The highest BCUT2D eigenvalue weighted by molar-refractivity contribution is 5.82. The highest BCUT2D eigenvalue weighted by atomic mass is 15.4. The lowest BCUT2D eigenvalue weighted by atomic mass is 10.0. The second-order valence-electron chi connectivity index (χ2n) is 5.33. The van der Waals surface area contributed by atoms with E-state index in [1.165, 1.54) is 37.3 Å². The van der Waals surface area contributed by atoms with Crippen molar-refractivity contribution in [1.29, 1.82) is 0 Å². The molecule has 2 aliphatic heterocycles. The third-order valence-corrected chi connectivity index (χ3v) is 3.96. The Morgan fingerprint density at radius 1 is 1.22 bits per heavy atom. The van der Waals surface area contributed by atoms with E-state index in [-0.39, 0.29) is 0 Å². The molecule has 0 amide bonds. The first-order valence-electron chi connectivity index (χ1n) is 6.91. The fourth-order valence-corrected chi connectivity index (χ4v) is 3.03. The maximum Gasteiger partial charge on any atom is 0.197 e. The van der Waals surface area contributed by atoms with Gasteiger partial charge in [0, 0.05) is 26.2 Å². The van der Waals surface area contributed by atoms with Gasteiger partial charge in [0.1, 0.15) is 0 Å². The van der Waals surface area contributed by atoms with Crippen LogP contribution in [0.1, 0.15) is 24.8 Å². The lowest BCUT2D eigenvalue weighted by Crippen LogP contribution is -2.39. The number of fused-ring (bicyclic) bond motifs is 1. The Hall–Kier alpha value is -1.51. The molecule has 3 rings (SSSR count). The van der Waals surface area contributed by atoms with Crippen molar-refractivity contribution in [2.24, 2.45) is 4.99 Å². The van der Waals surface area contributed by atoms with E-state index in [4.69, 9.17) is 4.99 Å². The quantitative estimate of drug-likeness (QED) is 0.794. The van der Waals surface area contributed by atoms with Gasteiger partial charge in [-0.1, -0.05) is 30.3 Å². The van der Waals surface area contributed by atoms with Gasteiger partial charge in [-0.25, -0.2) is 4.99 Å². The molecule has 3 heteroatoms. The van der Waals surface area contributed by atoms with E-state index in [0.717, 1.165) is 13.1 Å². The molecule has 0 saturated carbocycles. The topological polar surface area (TPSA) is 18.8 Å². The highest BCUT2D eigenvalue weighted by Gasteiger charge is 2.34. The summed E-state index contributed by atoms with van der Waals surface area (Å²) in [5, 5.41) is 0. The van der Waals surface area contributed by atoms with Crippen LogP contribution in [0.5, 0.6) is 0 Å². The van der Waals surface area contributed by atoms with Crippen molar-refractivity contribution in [3.8, 4) is 0 Å². The van der Waals surface area contributed by atoms with Crippen LogP contribution < -0.4 is 0 Å². The number of aliphatic imine (C=N–C) groups is 1. The van der Waals surface area contributed by atoms with Crippen molar-refractivity contribution >= 4 is 5.96 Å². The molecule has 0 N–H and O–H groups in total. The summed E-state index contributed by atoms with van der Waals surface area (Å²) in [7, 11) is 2.17. The summed E-state index contributed by atoms with van der Waals surface area (Å²) < 4.78 is 0. The summed E-state index contributed by atoms with van der Waals surface area (Å²) in [6.45, 7) is 3.12. The van der Waals surface area contributed by atoms with Crippen molar-refractivity contribution in [2.45, 2.75) is 31.8 Å². The van der Waals surface area contributed by atoms with Crippen molar-refractivity contribution in [3.05, 3.63) is 35.9 Å². The summed E-state index contributed by atoms with van der Waals surface area (Å²) >= 11 is 0. The lowest BCUT2D eigenvalue weighted by Gasteiger charge is -2.29. The Balaban J connectivity index is 1.74. The largest absolute Gasteiger partial charge is 0.344 e. The molecule has 3 nitrogen and oxygen atoms in total. The van der Waals surface area contributed by atoms with E-state index in [1.807, 2.05) is 0 Å². The average molecular weight is 243 g/mol. The minimum absolute atomic E-state index is 0.707. The molecule has 0 spiro atoms. The summed E-state index contributed by atoms with van der Waals surface area (Å²) in [5.41, 5.74) is 1.29. The second-order valence-corrected chi connectivity index (χ2v) is 5.33. The molecule has 0 radical (unpaired) electrons. The molecule has 2 aliphatic rings. The molecule has 1 aromatic carbocycles. The molecule has 0 aromatic heterocycles. The van der Waals surface area contributed by atoms with Gasteiger partial charge < -0.3 is 9.80 Å². The predicted octanol–water partition coefficient (Wildman–Crippen LogP) is 2.34. The minimum atomic E-state index is 0.707. The smallest absolute Gasteiger partial charge is 0.197 e. The van der Waals surface area contributed by atoms with Gasteiger partial charge in [-0.15, -0.1) is 0 Å². The van der Waals surface area contributed by atoms with Crippen LogP contribution in [0.2, 0.25) is 0 Å². The normalized spacial score (nSPS) is 25.6. The van der Waals surface area contributed by atoms with Crippen LogP contribution in [-0.4, -0.2) is 41.9 Å². The highest BCUT2D eigenvalue weighted by Crippen LogP contribution is 2.24. The maximum atomic E-state index is 4.83. The van der Waals surface area contributed by atoms with Gasteiger partial charge in [-0.3, -0.25) is 0 Å². The van der Waals surface area contributed by atoms with E-state index in [1.54, 1.807) is 0 Å². The zero-order valence-corrected chi connectivity index (χ0v) is 11.0. The monoisotopic (exact) mass is 243 g/mol. The zero-order valence-electron chi connectivity index (χ0n) is 11.0. The first-order valence-corrected chi connectivity index (χ1v) is 6.91. The van der Waals surface area contributed by atoms with Gasteiger partial charge in [-0.2, -0.15) is 0 Å². The Morgan fingerprint density at radius 3 is 2.89 bits per heavy atom. The number of piperidine rings is 1. The van der Waals surface area contributed by atoms with Crippen LogP contribution in [-0.2, 0) is 6.54 Å². The van der Waals surface area contributed by atoms with Crippen molar-refractivity contribution in [3.63, 3.8) is 0 Å². The molecular formula is C15H21N3. The van der Waals surface area contributed by atoms with Gasteiger partial charge >= 0.3 is 0 Å². The van der Waals surface area contributed by atoms with Crippen LogP contribution in [0.3, 0.4) is 0 Å². The summed E-state index contributed by atoms with van der Waals surface area (Å²) in [6, 6.07) is 11.2. The maximum absolute atomic E-state index is 4.83. The number of benzene rings is 1.